The fourth-order valence-corrected chi connectivity index (χ4v) is 5.13. The summed E-state index contributed by atoms with van der Waals surface area (Å²) in [5.74, 6) is 0.00192. The summed E-state index contributed by atoms with van der Waals surface area (Å²) in [5.41, 5.74) is 2.60. The Morgan fingerprint density at radius 1 is 1.00 bits per heavy atom. The van der Waals surface area contributed by atoms with Crippen molar-refractivity contribution in [2.45, 2.75) is 70.6 Å². The number of benzene rings is 1. The Balaban J connectivity index is 1.66. The van der Waals surface area contributed by atoms with Crippen LogP contribution in [0.15, 0.2) is 18.2 Å². The molecule has 0 radical (unpaired) electrons. The summed E-state index contributed by atoms with van der Waals surface area (Å²) in [6.07, 6.45) is 7.34. The first kappa shape index (κ1) is 23.2. The lowest BCUT2D eigenvalue weighted by Gasteiger charge is -2.37. The van der Waals surface area contributed by atoms with Crippen LogP contribution in [0.1, 0.15) is 67.8 Å². The van der Waals surface area contributed by atoms with Gasteiger partial charge in [0.15, 0.2) is 0 Å². The van der Waals surface area contributed by atoms with Crippen LogP contribution >= 0.6 is 0 Å². The Bertz CT molecular complexity index is 802. The number of fused-ring (bicyclic) bond motifs is 1. The van der Waals surface area contributed by atoms with E-state index in [1.165, 1.54) is 19.3 Å². The minimum Gasteiger partial charge on any atom is -0.389 e. The van der Waals surface area contributed by atoms with E-state index >= 15 is 0 Å². The minimum atomic E-state index is -0.416. The summed E-state index contributed by atoms with van der Waals surface area (Å²) in [6.45, 7) is 6.48. The van der Waals surface area contributed by atoms with Gasteiger partial charge in [-0.2, -0.15) is 0 Å². The normalized spacial score (nSPS) is 22.4. The molecule has 7 heteroatoms. The SMILES string of the molecule is CC(=O)N1CCCCCCCN(C2CCOCC2)Cc2cc(C(=O)N3CC(O)C3)ccc21. The largest absolute Gasteiger partial charge is 0.389 e. The van der Waals surface area contributed by atoms with Crippen LogP contribution in [0.4, 0.5) is 5.69 Å². The van der Waals surface area contributed by atoms with Gasteiger partial charge in [0.2, 0.25) is 5.91 Å². The van der Waals surface area contributed by atoms with E-state index in [-0.39, 0.29) is 11.8 Å². The van der Waals surface area contributed by atoms with Gasteiger partial charge >= 0.3 is 0 Å². The molecule has 1 aromatic carbocycles. The van der Waals surface area contributed by atoms with Gasteiger partial charge < -0.3 is 19.6 Å². The lowest BCUT2D eigenvalue weighted by atomic mass is 10.00. The number of rotatable bonds is 2. The molecule has 0 aromatic heterocycles. The van der Waals surface area contributed by atoms with E-state index < -0.39 is 6.10 Å². The van der Waals surface area contributed by atoms with Gasteiger partial charge in [0, 0.05) is 63.6 Å². The molecule has 3 aliphatic heterocycles. The fraction of sp³-hybridized carbons (Fsp3) is 0.680. The maximum Gasteiger partial charge on any atom is 0.254 e. The molecule has 0 bridgehead atoms. The van der Waals surface area contributed by atoms with Crippen molar-refractivity contribution in [1.82, 2.24) is 9.80 Å². The number of aliphatic hydroxyl groups is 1. The van der Waals surface area contributed by atoms with Gasteiger partial charge in [-0.15, -0.1) is 0 Å². The molecule has 176 valence electrons. The molecule has 7 nitrogen and oxygen atoms in total. The Kier molecular flexibility index (Phi) is 7.81. The topological polar surface area (TPSA) is 73.3 Å². The maximum absolute atomic E-state index is 12.9. The van der Waals surface area contributed by atoms with Crippen LogP contribution in [0.5, 0.6) is 0 Å². The highest BCUT2D eigenvalue weighted by Gasteiger charge is 2.31. The molecule has 0 saturated carbocycles. The van der Waals surface area contributed by atoms with E-state index in [9.17, 15) is 14.7 Å². The number of anilines is 1. The van der Waals surface area contributed by atoms with E-state index in [1.54, 1.807) is 11.8 Å². The van der Waals surface area contributed by atoms with Crippen LogP contribution in [0.25, 0.3) is 0 Å². The van der Waals surface area contributed by atoms with Crippen molar-refractivity contribution in [1.29, 1.82) is 0 Å². The second kappa shape index (κ2) is 10.8. The van der Waals surface area contributed by atoms with Crippen LogP contribution in [-0.4, -0.2) is 78.3 Å². The molecule has 0 unspecified atom stereocenters. The van der Waals surface area contributed by atoms with Gasteiger partial charge in [0.1, 0.15) is 0 Å². The van der Waals surface area contributed by atoms with E-state index in [4.69, 9.17) is 4.74 Å². The van der Waals surface area contributed by atoms with Crippen LogP contribution < -0.4 is 4.90 Å². The summed E-state index contributed by atoms with van der Waals surface area (Å²) in [4.78, 5) is 31.6. The zero-order valence-electron chi connectivity index (χ0n) is 19.3. The molecule has 3 heterocycles. The summed E-state index contributed by atoms with van der Waals surface area (Å²) in [6, 6.07) is 6.24. The number of hydrogen-bond acceptors (Lipinski definition) is 5. The first-order valence-corrected chi connectivity index (χ1v) is 12.2. The lowest BCUT2D eigenvalue weighted by Crippen LogP contribution is -2.53. The fourth-order valence-electron chi connectivity index (χ4n) is 5.13. The Morgan fingerprint density at radius 2 is 1.69 bits per heavy atom. The highest BCUT2D eigenvalue weighted by atomic mass is 16.5. The van der Waals surface area contributed by atoms with Crippen molar-refractivity contribution >= 4 is 17.5 Å². The first-order chi connectivity index (χ1) is 15.5. The Morgan fingerprint density at radius 3 is 2.38 bits per heavy atom. The number of likely N-dealkylation sites (tertiary alicyclic amines) is 1. The predicted octanol–water partition coefficient (Wildman–Crippen LogP) is 2.80. The molecule has 4 rings (SSSR count). The number of β-amino-alcohol motifs (C(OH)–C–C–N with tert-alkyl or cyclic N) is 1. The van der Waals surface area contributed by atoms with E-state index in [0.29, 0.717) is 31.2 Å². The number of carbonyl (C=O) groups is 2. The van der Waals surface area contributed by atoms with E-state index in [2.05, 4.69) is 4.90 Å². The van der Waals surface area contributed by atoms with Crippen LogP contribution in [0, 0.1) is 0 Å². The van der Waals surface area contributed by atoms with Crippen LogP contribution in [0.2, 0.25) is 0 Å². The molecule has 0 spiro atoms. The third-order valence-electron chi connectivity index (χ3n) is 7.05. The predicted molar refractivity (Wildman–Crippen MR) is 124 cm³/mol. The molecule has 1 aromatic rings. The highest BCUT2D eigenvalue weighted by molar-refractivity contribution is 5.97. The highest BCUT2D eigenvalue weighted by Crippen LogP contribution is 2.29. The van der Waals surface area contributed by atoms with Crippen molar-refractivity contribution in [2.24, 2.45) is 0 Å². The quantitative estimate of drug-likeness (QED) is 0.761. The Labute approximate surface area is 191 Å². The third-order valence-corrected chi connectivity index (χ3v) is 7.05. The van der Waals surface area contributed by atoms with Gasteiger partial charge in [0.25, 0.3) is 5.91 Å². The molecule has 0 aliphatic carbocycles. The second-order valence-electron chi connectivity index (χ2n) is 9.46. The average molecular weight is 444 g/mol. The van der Waals surface area contributed by atoms with Crippen LogP contribution in [0.3, 0.4) is 0 Å². The van der Waals surface area contributed by atoms with Gasteiger partial charge in [-0.25, -0.2) is 0 Å². The van der Waals surface area contributed by atoms with Gasteiger partial charge in [-0.1, -0.05) is 19.3 Å². The first-order valence-electron chi connectivity index (χ1n) is 12.2. The molecular formula is C25H37N3O4. The summed E-state index contributed by atoms with van der Waals surface area (Å²) < 4.78 is 5.60. The number of carbonyl (C=O) groups excluding carboxylic acids is 2. The maximum atomic E-state index is 12.9. The van der Waals surface area contributed by atoms with Crippen molar-refractivity contribution in [3.8, 4) is 0 Å². The molecule has 32 heavy (non-hydrogen) atoms. The molecule has 2 amide bonds. The van der Waals surface area contributed by atoms with Crippen LogP contribution in [-0.2, 0) is 16.1 Å². The lowest BCUT2D eigenvalue weighted by molar-refractivity contribution is -0.116. The summed E-state index contributed by atoms with van der Waals surface area (Å²) in [7, 11) is 0. The number of aliphatic hydroxyl groups excluding tert-OH is 1. The summed E-state index contributed by atoms with van der Waals surface area (Å²) in [5, 5.41) is 9.60. The number of hydrogen-bond donors (Lipinski definition) is 1. The number of nitrogens with zero attached hydrogens (tertiary/aromatic N) is 3. The number of ether oxygens (including phenoxy) is 1. The molecule has 2 fully saturated rings. The average Bonchev–Trinajstić information content (AvgIpc) is 2.77. The number of amides is 2. The monoisotopic (exact) mass is 443 g/mol. The third kappa shape index (κ3) is 5.50. The smallest absolute Gasteiger partial charge is 0.254 e. The molecule has 0 atom stereocenters. The standard InChI is InChI=1S/C25H37N3O4/c1-19(29)28-12-6-4-2-3-5-11-26(22-9-13-32-14-10-22)16-21-15-20(7-8-24(21)28)25(31)27-17-23(30)18-27/h7-8,15,22-23,30H,2-6,9-14,16-18H2,1H3. The summed E-state index contributed by atoms with van der Waals surface area (Å²) >= 11 is 0. The van der Waals surface area contributed by atoms with Crippen molar-refractivity contribution in [3.63, 3.8) is 0 Å². The van der Waals surface area contributed by atoms with Gasteiger partial charge in [0.05, 0.1) is 6.10 Å². The molecule has 3 aliphatic rings. The zero-order chi connectivity index (χ0) is 22.5. The Hall–Kier alpha value is -1.96. The van der Waals surface area contributed by atoms with Crippen molar-refractivity contribution in [3.05, 3.63) is 29.3 Å². The molecular weight excluding hydrogens is 406 g/mol. The van der Waals surface area contributed by atoms with E-state index in [0.717, 1.165) is 63.2 Å². The zero-order valence-corrected chi connectivity index (χ0v) is 19.3. The van der Waals surface area contributed by atoms with Gasteiger partial charge in [-0.3, -0.25) is 14.5 Å². The van der Waals surface area contributed by atoms with E-state index in [1.807, 2.05) is 23.1 Å². The minimum absolute atomic E-state index is 0.0452. The molecule has 2 saturated heterocycles. The van der Waals surface area contributed by atoms with Gasteiger partial charge in [-0.05, 0) is 56.0 Å². The van der Waals surface area contributed by atoms with Crippen molar-refractivity contribution < 1.29 is 19.4 Å². The second-order valence-corrected chi connectivity index (χ2v) is 9.46. The van der Waals surface area contributed by atoms with Crippen molar-refractivity contribution in [2.75, 3.05) is 44.3 Å². The molecule has 1 N–H and O–H groups in total.